The fourth-order valence-electron chi connectivity index (χ4n) is 0.169. The maximum absolute atomic E-state index is 8.66. The van der Waals surface area contributed by atoms with E-state index in [1.54, 1.807) is 6.92 Å². The van der Waals surface area contributed by atoms with Crippen molar-refractivity contribution in [3.63, 3.8) is 0 Å². The fraction of sp³-hybridized carbons (Fsp3) is 0.400. The van der Waals surface area contributed by atoms with Gasteiger partial charge in [-0.25, -0.2) is 11.1 Å². The number of aliphatic hydroxyl groups is 2. The summed E-state index contributed by atoms with van der Waals surface area (Å²) in [7, 11) is 0. The molecule has 0 fully saturated rings. The van der Waals surface area contributed by atoms with Crippen LogP contribution >= 0.6 is 36.7 Å². The Morgan fingerprint density at radius 1 is 1.20 bits per heavy atom. The van der Waals surface area contributed by atoms with Crippen LogP contribution in [-0.2, 0) is 6.03 Å². The zero-order valence-corrected chi connectivity index (χ0v) is 15.0. The third-order valence-corrected chi connectivity index (χ3v) is 2.88. The average molecular weight is 488 g/mol. The van der Waals surface area contributed by atoms with E-state index in [-0.39, 0.29) is 24.4 Å². The van der Waals surface area contributed by atoms with Crippen molar-refractivity contribution in [3.8, 4) is 0 Å². The molecule has 0 aliphatic carbocycles. The molecule has 0 bridgehead atoms. The van der Waals surface area contributed by atoms with Crippen LogP contribution in [0, 0.1) is 0 Å². The molecule has 0 saturated carbocycles. The van der Waals surface area contributed by atoms with Gasteiger partial charge in [-0.3, -0.25) is 0 Å². The summed E-state index contributed by atoms with van der Waals surface area (Å²) in [6.45, 7) is 2.25. The Labute approximate surface area is 131 Å². The quantitative estimate of drug-likeness (QED) is 0.295. The van der Waals surface area contributed by atoms with Gasteiger partial charge in [-0.15, -0.1) is 0 Å². The Balaban J connectivity index is -0.0000000733. The second kappa shape index (κ2) is 29.5. The van der Waals surface area contributed by atoms with Gasteiger partial charge in [0, 0.05) is 0 Å². The third kappa shape index (κ3) is 51.0. The Bertz CT molecular complexity index is 134. The molecule has 0 aliphatic heterocycles. The van der Waals surface area contributed by atoms with Gasteiger partial charge in [-0.1, -0.05) is 0 Å². The molecular formula is C5H8O5S3Sb2. The molecule has 2 radical (unpaired) electrons. The van der Waals surface area contributed by atoms with E-state index in [1.807, 2.05) is 5.55 Å². The Morgan fingerprint density at radius 2 is 1.53 bits per heavy atom. The van der Waals surface area contributed by atoms with E-state index in [0.29, 0.717) is 6.61 Å². The van der Waals surface area contributed by atoms with Gasteiger partial charge in [0.15, 0.2) is 0 Å². The van der Waals surface area contributed by atoms with Crippen LogP contribution in [0.2, 0.25) is 0 Å². The van der Waals surface area contributed by atoms with Crippen LogP contribution < -0.4 is 0 Å². The molecule has 15 heavy (non-hydrogen) atoms. The fourth-order valence-corrected chi connectivity index (χ4v) is 1.56. The summed E-state index contributed by atoms with van der Waals surface area (Å²) in [4.78, 5) is 0. The summed E-state index contributed by atoms with van der Waals surface area (Å²) >= 11 is 8.78. The first-order valence-corrected chi connectivity index (χ1v) is 7.28. The van der Waals surface area contributed by atoms with Gasteiger partial charge in [0.05, 0.1) is 0 Å². The molecule has 0 aliphatic rings. The second-order valence-electron chi connectivity index (χ2n) is 1.01. The van der Waals surface area contributed by atoms with Crippen molar-refractivity contribution in [2.24, 2.45) is 0 Å². The van der Waals surface area contributed by atoms with Gasteiger partial charge in [-0.05, 0) is 0 Å². The summed E-state index contributed by atoms with van der Waals surface area (Å²) in [6, 6.07) is 0. The van der Waals surface area contributed by atoms with Gasteiger partial charge in [0.2, 0.25) is 0 Å². The molecule has 0 atom stereocenters. The van der Waals surface area contributed by atoms with E-state index in [9.17, 15) is 0 Å². The first kappa shape index (κ1) is 25.2. The van der Waals surface area contributed by atoms with Crippen LogP contribution in [0.25, 0.3) is 0 Å². The van der Waals surface area contributed by atoms with Gasteiger partial charge in [-0.2, -0.15) is 0 Å². The van der Waals surface area contributed by atoms with Gasteiger partial charge < -0.3 is 34.6 Å². The predicted octanol–water partition coefficient (Wildman–Crippen LogP) is 0.227. The van der Waals surface area contributed by atoms with Crippen LogP contribution in [0.4, 0.5) is 0 Å². The second-order valence-corrected chi connectivity index (χ2v) is 4.16. The summed E-state index contributed by atoms with van der Waals surface area (Å²) in [5.74, 6) is 0. The van der Waals surface area contributed by atoms with Crippen LogP contribution in [0.3, 0.4) is 0 Å². The molecule has 86 valence electrons. The van der Waals surface area contributed by atoms with Crippen molar-refractivity contribution in [2.75, 3.05) is 6.61 Å². The summed E-state index contributed by atoms with van der Waals surface area (Å²) in [6.07, 6.45) is 0. The van der Waals surface area contributed by atoms with E-state index in [4.69, 9.17) is 13.6 Å². The van der Waals surface area contributed by atoms with Gasteiger partial charge in [0.25, 0.3) is 0 Å². The normalized spacial score (nSPS) is 6.60. The van der Waals surface area contributed by atoms with Crippen molar-refractivity contribution >= 4 is 99.2 Å². The molecule has 3 N–H and O–H groups in total. The van der Waals surface area contributed by atoms with E-state index in [2.05, 4.69) is 42.7 Å². The number of hydrogen-bond donors (Lipinski definition) is 3. The molecule has 0 spiro atoms. The van der Waals surface area contributed by atoms with Crippen molar-refractivity contribution in [2.45, 2.75) is 6.92 Å². The average Bonchev–Trinajstić information content (AvgIpc) is 2.07. The Morgan fingerprint density at radius 3 is 1.73 bits per heavy atom. The van der Waals surface area contributed by atoms with E-state index < -0.39 is 21.5 Å². The Kier molecular flexibility index (Phi) is 49.4. The predicted molar refractivity (Wildman–Crippen MR) is 69.5 cm³/mol. The number of thiocarbonyl (C=S) groups is 3. The summed E-state index contributed by atoms with van der Waals surface area (Å²) in [5, 5.41) is 14.3. The smallest absolute Gasteiger partial charge is 0.694 e. The summed E-state index contributed by atoms with van der Waals surface area (Å²) in [5.41, 5.74) is 4.61. The van der Waals surface area contributed by atoms with Crippen molar-refractivity contribution in [1.29, 1.82) is 0 Å². The monoisotopic (exact) mass is 486 g/mol. The molecule has 0 aromatic carbocycles. The standard InChI is InChI=1S/C2H5O.2CHOS.COS.H2O.2Sb/c1-2-3;3*2-1-3;;;/h2H2,1H3;2*(H,2,3);;1H2;;/q3*-1;-2;;2*+3/p-1. The molecule has 0 unspecified atom stereocenters. The zero-order valence-electron chi connectivity index (χ0n) is 7.48. The molecule has 0 aromatic heterocycles. The molecule has 5 nitrogen and oxygen atoms in total. The topological polar surface area (TPSA) is 79.2 Å². The molecule has 10 heteroatoms. The third-order valence-electron chi connectivity index (χ3n) is 0.355. The van der Waals surface area contributed by atoms with Crippen LogP contribution in [-0.4, -0.2) is 82.8 Å². The van der Waals surface area contributed by atoms with E-state index in [0.717, 1.165) is 0 Å². The maximum Gasteiger partial charge on any atom is 3.00 e. The molecule has 0 amide bonds. The van der Waals surface area contributed by atoms with Crippen molar-refractivity contribution < 1.29 is 19.6 Å². The first-order valence-electron chi connectivity index (χ1n) is 2.82. The molecule has 0 aromatic rings. The van der Waals surface area contributed by atoms with Crippen molar-refractivity contribution in [1.82, 2.24) is 0 Å². The van der Waals surface area contributed by atoms with Crippen LogP contribution in [0.15, 0.2) is 0 Å². The van der Waals surface area contributed by atoms with Crippen molar-refractivity contribution in [3.05, 3.63) is 0 Å². The zero-order chi connectivity index (χ0) is 11.8. The number of aliphatic hydroxyl groups excluding tert-OH is 2. The number of hydrogen-bond acceptors (Lipinski definition) is 6. The largest absolute Gasteiger partial charge is 3.00 e. The molecular weight excluding hydrogens is 480 g/mol. The molecule has 0 heterocycles. The minimum Gasteiger partial charge on any atom is -0.694 e. The molecule has 0 saturated heterocycles. The first-order chi connectivity index (χ1) is 6.64. The molecule has 0 rings (SSSR count). The van der Waals surface area contributed by atoms with Crippen LogP contribution in [0.1, 0.15) is 6.92 Å². The van der Waals surface area contributed by atoms with E-state index in [1.165, 1.54) is 11.1 Å². The number of rotatable bonds is 4. The minimum atomic E-state index is -2.79. The van der Waals surface area contributed by atoms with Crippen LogP contribution in [0.5, 0.6) is 0 Å². The minimum absolute atomic E-state index is 0. The maximum atomic E-state index is 8.66. The SMILES string of the molecule is CC[O][Sb]([OH])[O][C-]=S.O[C-]=S.O[C-]=S.[Sb+3]. The Hall–Kier alpha value is 1.23. The van der Waals surface area contributed by atoms with E-state index >= 15 is 0 Å². The summed E-state index contributed by atoms with van der Waals surface area (Å²) < 4.78 is 17.7. The van der Waals surface area contributed by atoms with Gasteiger partial charge in [0.1, 0.15) is 0 Å². The van der Waals surface area contributed by atoms with Gasteiger partial charge >= 0.3 is 86.6 Å².